The largest absolute Gasteiger partial charge is 0.393 e. The first-order valence-corrected chi connectivity index (χ1v) is 3.63. The van der Waals surface area contributed by atoms with Gasteiger partial charge in [0.25, 0.3) is 0 Å². The highest BCUT2D eigenvalue weighted by Gasteiger charge is 2.27. The SMILES string of the molecule is C#Cc1ccc(CC(F)(F)F)cc1. The quantitative estimate of drug-likeness (QED) is 0.589. The van der Waals surface area contributed by atoms with Crippen molar-refractivity contribution in [2.75, 3.05) is 0 Å². The van der Waals surface area contributed by atoms with Crippen molar-refractivity contribution in [3.63, 3.8) is 0 Å². The third-order valence-electron chi connectivity index (χ3n) is 1.53. The Kier molecular flexibility index (Phi) is 2.62. The monoisotopic (exact) mass is 184 g/mol. The van der Waals surface area contributed by atoms with Crippen LogP contribution in [0.1, 0.15) is 11.1 Å². The van der Waals surface area contributed by atoms with Crippen LogP contribution in [0.4, 0.5) is 13.2 Å². The molecule has 0 saturated carbocycles. The molecule has 0 spiro atoms. The van der Waals surface area contributed by atoms with Gasteiger partial charge in [0.2, 0.25) is 0 Å². The van der Waals surface area contributed by atoms with Gasteiger partial charge in [-0.15, -0.1) is 6.42 Å². The number of rotatable bonds is 1. The van der Waals surface area contributed by atoms with Crippen LogP contribution in [0.5, 0.6) is 0 Å². The van der Waals surface area contributed by atoms with E-state index in [1.54, 1.807) is 0 Å². The molecule has 0 fully saturated rings. The van der Waals surface area contributed by atoms with E-state index in [1.165, 1.54) is 24.3 Å². The van der Waals surface area contributed by atoms with Gasteiger partial charge in [0.1, 0.15) is 0 Å². The van der Waals surface area contributed by atoms with Crippen LogP contribution in [-0.4, -0.2) is 6.18 Å². The molecule has 0 aliphatic carbocycles. The van der Waals surface area contributed by atoms with E-state index in [0.717, 1.165) is 0 Å². The lowest BCUT2D eigenvalue weighted by Crippen LogP contribution is -2.11. The maximum atomic E-state index is 11.9. The fraction of sp³-hybridized carbons (Fsp3) is 0.200. The summed E-state index contributed by atoms with van der Waals surface area (Å²) in [5.41, 5.74) is 0.817. The van der Waals surface area contributed by atoms with Crippen LogP contribution in [0, 0.1) is 12.3 Å². The van der Waals surface area contributed by atoms with Gasteiger partial charge in [0.15, 0.2) is 0 Å². The summed E-state index contributed by atoms with van der Waals surface area (Å²) in [4.78, 5) is 0. The molecular weight excluding hydrogens is 177 g/mol. The van der Waals surface area contributed by atoms with Crippen LogP contribution in [-0.2, 0) is 6.42 Å². The number of alkyl halides is 3. The smallest absolute Gasteiger partial charge is 0.171 e. The summed E-state index contributed by atoms with van der Waals surface area (Å²) in [5, 5.41) is 0. The molecule has 0 N–H and O–H groups in total. The molecule has 0 nitrogen and oxygen atoms in total. The molecule has 0 amide bonds. The number of terminal acetylenes is 1. The Hall–Kier alpha value is -1.43. The highest BCUT2D eigenvalue weighted by Crippen LogP contribution is 2.21. The first kappa shape index (κ1) is 9.66. The summed E-state index contributed by atoms with van der Waals surface area (Å²) in [7, 11) is 0. The maximum absolute atomic E-state index is 11.9. The number of hydrogen-bond acceptors (Lipinski definition) is 0. The average Bonchev–Trinajstić information content (AvgIpc) is 2.03. The van der Waals surface area contributed by atoms with Crippen molar-refractivity contribution in [1.82, 2.24) is 0 Å². The van der Waals surface area contributed by atoms with Crippen LogP contribution in [0.3, 0.4) is 0 Å². The minimum atomic E-state index is -4.16. The Morgan fingerprint density at radius 3 is 2.08 bits per heavy atom. The lowest BCUT2D eigenvalue weighted by Gasteiger charge is -2.05. The van der Waals surface area contributed by atoms with Crippen molar-refractivity contribution in [3.05, 3.63) is 35.4 Å². The Morgan fingerprint density at radius 1 is 1.15 bits per heavy atom. The van der Waals surface area contributed by atoms with Gasteiger partial charge in [0, 0.05) is 5.56 Å². The van der Waals surface area contributed by atoms with Gasteiger partial charge >= 0.3 is 6.18 Å². The minimum Gasteiger partial charge on any atom is -0.171 e. The van der Waals surface area contributed by atoms with Crippen molar-refractivity contribution in [3.8, 4) is 12.3 Å². The number of benzene rings is 1. The standard InChI is InChI=1S/C10H7F3/c1-2-8-3-5-9(6-4-8)7-10(11,12)13/h1,3-6H,7H2. The molecule has 13 heavy (non-hydrogen) atoms. The Bertz CT molecular complexity index is 314. The highest BCUT2D eigenvalue weighted by atomic mass is 19.4. The number of hydrogen-bond donors (Lipinski definition) is 0. The maximum Gasteiger partial charge on any atom is 0.393 e. The lowest BCUT2D eigenvalue weighted by atomic mass is 10.1. The first-order chi connectivity index (χ1) is 6.01. The van der Waals surface area contributed by atoms with E-state index in [-0.39, 0.29) is 5.56 Å². The summed E-state index contributed by atoms with van der Waals surface area (Å²) in [6, 6.07) is 5.79. The van der Waals surface area contributed by atoms with Crippen LogP contribution < -0.4 is 0 Å². The third-order valence-corrected chi connectivity index (χ3v) is 1.53. The van der Waals surface area contributed by atoms with Gasteiger partial charge in [-0.2, -0.15) is 13.2 Å². The van der Waals surface area contributed by atoms with E-state index in [9.17, 15) is 13.2 Å². The van der Waals surface area contributed by atoms with Gasteiger partial charge in [-0.3, -0.25) is 0 Å². The molecule has 0 heterocycles. The zero-order valence-electron chi connectivity index (χ0n) is 6.73. The van der Waals surface area contributed by atoms with Crippen molar-refractivity contribution in [2.24, 2.45) is 0 Å². The predicted molar refractivity (Wildman–Crippen MR) is 44.1 cm³/mol. The number of halogens is 3. The first-order valence-electron chi connectivity index (χ1n) is 3.63. The van der Waals surface area contributed by atoms with E-state index in [4.69, 9.17) is 6.42 Å². The third kappa shape index (κ3) is 3.20. The molecule has 68 valence electrons. The fourth-order valence-electron chi connectivity index (χ4n) is 0.950. The molecule has 1 rings (SSSR count). The average molecular weight is 184 g/mol. The van der Waals surface area contributed by atoms with Gasteiger partial charge in [0.05, 0.1) is 6.42 Å². The van der Waals surface area contributed by atoms with Crippen LogP contribution in [0.25, 0.3) is 0 Å². The van der Waals surface area contributed by atoms with Crippen molar-refractivity contribution < 1.29 is 13.2 Å². The second-order valence-electron chi connectivity index (χ2n) is 2.63. The molecule has 0 atom stereocenters. The van der Waals surface area contributed by atoms with Gasteiger partial charge < -0.3 is 0 Å². The molecule has 0 saturated heterocycles. The molecule has 0 unspecified atom stereocenters. The molecule has 1 aromatic carbocycles. The van der Waals surface area contributed by atoms with Crippen LogP contribution in [0.15, 0.2) is 24.3 Å². The summed E-state index contributed by atoms with van der Waals surface area (Å²) in [6.07, 6.45) is -0.00509. The molecule has 1 aromatic rings. The summed E-state index contributed by atoms with van der Waals surface area (Å²) in [6.45, 7) is 0. The second-order valence-corrected chi connectivity index (χ2v) is 2.63. The molecule has 0 aliphatic heterocycles. The zero-order chi connectivity index (χ0) is 9.90. The molecular formula is C10H7F3. The molecule has 0 aromatic heterocycles. The molecule has 0 radical (unpaired) electrons. The van der Waals surface area contributed by atoms with Crippen LogP contribution >= 0.6 is 0 Å². The van der Waals surface area contributed by atoms with Gasteiger partial charge in [-0.25, -0.2) is 0 Å². The zero-order valence-corrected chi connectivity index (χ0v) is 6.73. The van der Waals surface area contributed by atoms with E-state index >= 15 is 0 Å². The van der Waals surface area contributed by atoms with E-state index < -0.39 is 12.6 Å². The predicted octanol–water partition coefficient (Wildman–Crippen LogP) is 2.77. The van der Waals surface area contributed by atoms with Crippen molar-refractivity contribution in [1.29, 1.82) is 0 Å². The Balaban J connectivity index is 2.77. The van der Waals surface area contributed by atoms with E-state index in [0.29, 0.717) is 5.56 Å². The molecule has 0 bridgehead atoms. The van der Waals surface area contributed by atoms with Crippen molar-refractivity contribution in [2.45, 2.75) is 12.6 Å². The van der Waals surface area contributed by atoms with Gasteiger partial charge in [-0.05, 0) is 17.7 Å². The Morgan fingerprint density at radius 2 is 1.69 bits per heavy atom. The minimum absolute atomic E-state index is 0.228. The highest BCUT2D eigenvalue weighted by molar-refractivity contribution is 5.34. The molecule has 0 aliphatic rings. The topological polar surface area (TPSA) is 0 Å². The summed E-state index contributed by atoms with van der Waals surface area (Å²) in [5.74, 6) is 2.34. The normalized spacial score (nSPS) is 10.9. The molecule has 3 heteroatoms. The van der Waals surface area contributed by atoms with Crippen LogP contribution in [0.2, 0.25) is 0 Å². The van der Waals surface area contributed by atoms with Gasteiger partial charge in [-0.1, -0.05) is 18.1 Å². The van der Waals surface area contributed by atoms with E-state index in [2.05, 4.69) is 5.92 Å². The summed E-state index contributed by atoms with van der Waals surface area (Å²) < 4.78 is 35.7. The van der Waals surface area contributed by atoms with Crippen molar-refractivity contribution >= 4 is 0 Å². The fourth-order valence-corrected chi connectivity index (χ4v) is 0.950. The summed E-state index contributed by atoms with van der Waals surface area (Å²) >= 11 is 0. The van der Waals surface area contributed by atoms with E-state index in [1.807, 2.05) is 0 Å². The second kappa shape index (κ2) is 3.53. The Labute approximate surface area is 74.4 Å². The lowest BCUT2D eigenvalue weighted by molar-refractivity contribution is -0.127.